The number of thioether (sulfide) groups is 1. The zero-order valence-corrected chi connectivity index (χ0v) is 18.8. The highest BCUT2D eigenvalue weighted by molar-refractivity contribution is 14.0. The maximum atomic E-state index is 4.36. The molecule has 0 amide bonds. The predicted molar refractivity (Wildman–Crippen MR) is 122 cm³/mol. The van der Waals surface area contributed by atoms with Crippen molar-refractivity contribution in [2.24, 2.45) is 4.99 Å². The summed E-state index contributed by atoms with van der Waals surface area (Å²) < 4.78 is 0. The molecule has 0 radical (unpaired) electrons. The fourth-order valence-electron chi connectivity index (χ4n) is 3.18. The normalized spacial score (nSPS) is 17.6. The molecule has 0 saturated carbocycles. The molecule has 1 heterocycles. The van der Waals surface area contributed by atoms with E-state index < -0.39 is 0 Å². The van der Waals surface area contributed by atoms with E-state index in [4.69, 9.17) is 0 Å². The van der Waals surface area contributed by atoms with Crippen molar-refractivity contribution in [2.75, 3.05) is 38.7 Å². The Labute approximate surface area is 174 Å². The smallest absolute Gasteiger partial charge is 0.191 e. The zero-order valence-electron chi connectivity index (χ0n) is 15.7. The number of benzene rings is 1. The van der Waals surface area contributed by atoms with E-state index in [0.29, 0.717) is 12.1 Å². The van der Waals surface area contributed by atoms with Crippen LogP contribution in [0.4, 0.5) is 0 Å². The molecule has 25 heavy (non-hydrogen) atoms. The zero-order chi connectivity index (χ0) is 17.2. The van der Waals surface area contributed by atoms with Crippen LogP contribution in [0.1, 0.15) is 37.8 Å². The third kappa shape index (κ3) is 7.74. The van der Waals surface area contributed by atoms with Crippen LogP contribution in [0.3, 0.4) is 0 Å². The van der Waals surface area contributed by atoms with Crippen molar-refractivity contribution < 1.29 is 0 Å². The third-order valence-electron chi connectivity index (χ3n) is 4.74. The molecule has 0 spiro atoms. The summed E-state index contributed by atoms with van der Waals surface area (Å²) in [6.45, 7) is 5.58. The van der Waals surface area contributed by atoms with E-state index in [1.807, 2.05) is 18.8 Å². The van der Waals surface area contributed by atoms with Gasteiger partial charge in [-0.15, -0.1) is 24.0 Å². The van der Waals surface area contributed by atoms with Gasteiger partial charge < -0.3 is 10.6 Å². The lowest BCUT2D eigenvalue weighted by molar-refractivity contribution is 0.158. The Kier molecular flexibility index (Phi) is 11.6. The van der Waals surface area contributed by atoms with Crippen molar-refractivity contribution in [1.82, 2.24) is 15.5 Å². The molecule has 1 unspecified atom stereocenters. The summed E-state index contributed by atoms with van der Waals surface area (Å²) in [7, 11) is 1.86. The van der Waals surface area contributed by atoms with E-state index in [-0.39, 0.29) is 24.0 Å². The first-order chi connectivity index (χ1) is 11.7. The minimum Gasteiger partial charge on any atom is -0.356 e. The van der Waals surface area contributed by atoms with Gasteiger partial charge in [-0.2, -0.15) is 11.8 Å². The second kappa shape index (κ2) is 12.8. The van der Waals surface area contributed by atoms with E-state index in [0.717, 1.165) is 25.6 Å². The van der Waals surface area contributed by atoms with Gasteiger partial charge in [0.1, 0.15) is 0 Å². The van der Waals surface area contributed by atoms with Crippen LogP contribution in [-0.2, 0) is 0 Å². The number of rotatable bonds is 7. The molecule has 1 aromatic carbocycles. The van der Waals surface area contributed by atoms with Crippen LogP contribution in [0, 0.1) is 0 Å². The molecule has 0 aliphatic carbocycles. The molecule has 1 aliphatic heterocycles. The van der Waals surface area contributed by atoms with Gasteiger partial charge in [-0.25, -0.2) is 0 Å². The highest BCUT2D eigenvalue weighted by Gasteiger charge is 2.23. The van der Waals surface area contributed by atoms with Gasteiger partial charge in [0.15, 0.2) is 5.96 Å². The molecule has 1 aliphatic rings. The summed E-state index contributed by atoms with van der Waals surface area (Å²) in [4.78, 5) is 6.94. The van der Waals surface area contributed by atoms with Crippen LogP contribution in [0.2, 0.25) is 0 Å². The summed E-state index contributed by atoms with van der Waals surface area (Å²) in [5, 5.41) is 7.01. The van der Waals surface area contributed by atoms with Crippen molar-refractivity contribution in [3.8, 4) is 0 Å². The van der Waals surface area contributed by atoms with Gasteiger partial charge in [-0.1, -0.05) is 30.3 Å². The summed E-state index contributed by atoms with van der Waals surface area (Å²) >= 11 is 1.89. The maximum absolute atomic E-state index is 4.36. The van der Waals surface area contributed by atoms with Gasteiger partial charge in [-0.05, 0) is 43.8 Å². The van der Waals surface area contributed by atoms with E-state index in [2.05, 4.69) is 64.0 Å². The molecular formula is C19H33IN4S. The van der Waals surface area contributed by atoms with Gasteiger partial charge in [0.2, 0.25) is 0 Å². The van der Waals surface area contributed by atoms with Crippen LogP contribution < -0.4 is 10.6 Å². The van der Waals surface area contributed by atoms with Gasteiger partial charge in [0.25, 0.3) is 0 Å². The Hall–Kier alpha value is -0.470. The van der Waals surface area contributed by atoms with Crippen molar-refractivity contribution in [3.05, 3.63) is 35.9 Å². The lowest BCUT2D eigenvalue weighted by Gasteiger charge is -2.37. The van der Waals surface area contributed by atoms with Crippen molar-refractivity contribution in [1.29, 1.82) is 0 Å². The number of nitrogens with one attached hydrogen (secondary N) is 2. The highest BCUT2D eigenvalue weighted by atomic mass is 127. The number of hydrogen-bond acceptors (Lipinski definition) is 3. The number of hydrogen-bond donors (Lipinski definition) is 2. The summed E-state index contributed by atoms with van der Waals surface area (Å²) in [6.07, 6.45) is 5.66. The second-order valence-electron chi connectivity index (χ2n) is 6.39. The standard InChI is InChI=1S/C19H32N4S.HI/c1-16(17-8-5-4-6-9-17)23-13-10-18(11-14-23)22-19(20-2)21-12-7-15-24-3;/h4-6,8-9,16,18H,7,10-15H2,1-3H3,(H2,20,21,22);1H. The minimum absolute atomic E-state index is 0. The van der Waals surface area contributed by atoms with Gasteiger partial charge in [-0.3, -0.25) is 9.89 Å². The largest absolute Gasteiger partial charge is 0.356 e. The Morgan fingerprint density at radius 1 is 1.28 bits per heavy atom. The Bertz CT molecular complexity index is 489. The summed E-state index contributed by atoms with van der Waals surface area (Å²) in [5.74, 6) is 2.14. The molecule has 1 saturated heterocycles. The molecule has 2 N–H and O–H groups in total. The molecular weight excluding hydrogens is 443 g/mol. The van der Waals surface area contributed by atoms with E-state index >= 15 is 0 Å². The average molecular weight is 476 g/mol. The van der Waals surface area contributed by atoms with Crippen molar-refractivity contribution in [3.63, 3.8) is 0 Å². The van der Waals surface area contributed by atoms with Crippen LogP contribution in [0.25, 0.3) is 0 Å². The van der Waals surface area contributed by atoms with E-state index in [1.165, 1.54) is 30.6 Å². The first kappa shape index (κ1) is 22.6. The Morgan fingerprint density at radius 2 is 1.96 bits per heavy atom. The maximum Gasteiger partial charge on any atom is 0.191 e. The fraction of sp³-hybridized carbons (Fsp3) is 0.632. The third-order valence-corrected chi connectivity index (χ3v) is 5.44. The van der Waals surface area contributed by atoms with Crippen molar-refractivity contribution in [2.45, 2.75) is 38.3 Å². The molecule has 0 bridgehead atoms. The number of aliphatic imine (C=N–C) groups is 1. The number of likely N-dealkylation sites (tertiary alicyclic amines) is 1. The molecule has 1 aromatic rings. The lowest BCUT2D eigenvalue weighted by atomic mass is 10.0. The topological polar surface area (TPSA) is 39.7 Å². The SMILES string of the molecule is CN=C(NCCCSC)NC1CCN(C(C)c2ccccc2)CC1.I. The minimum atomic E-state index is 0. The quantitative estimate of drug-likeness (QED) is 0.272. The first-order valence-electron chi connectivity index (χ1n) is 8.99. The van der Waals surface area contributed by atoms with Crippen LogP contribution >= 0.6 is 35.7 Å². The molecule has 0 aromatic heterocycles. The second-order valence-corrected chi connectivity index (χ2v) is 7.37. The Balaban J connectivity index is 0.00000312. The average Bonchev–Trinajstić information content (AvgIpc) is 2.65. The monoisotopic (exact) mass is 476 g/mol. The number of guanidine groups is 1. The fourth-order valence-corrected chi connectivity index (χ4v) is 3.62. The van der Waals surface area contributed by atoms with Crippen LogP contribution in [0.5, 0.6) is 0 Å². The number of halogens is 1. The summed E-state index contributed by atoms with van der Waals surface area (Å²) in [6, 6.07) is 11.8. The summed E-state index contributed by atoms with van der Waals surface area (Å²) in [5.41, 5.74) is 1.41. The van der Waals surface area contributed by atoms with Gasteiger partial charge >= 0.3 is 0 Å². The van der Waals surface area contributed by atoms with Crippen LogP contribution in [-0.4, -0.2) is 55.6 Å². The van der Waals surface area contributed by atoms with E-state index in [1.54, 1.807) is 0 Å². The lowest BCUT2D eigenvalue weighted by Crippen LogP contribution is -2.49. The van der Waals surface area contributed by atoms with Crippen LogP contribution in [0.15, 0.2) is 35.3 Å². The number of piperidine rings is 1. The van der Waals surface area contributed by atoms with Gasteiger partial charge in [0.05, 0.1) is 0 Å². The molecule has 142 valence electrons. The predicted octanol–water partition coefficient (Wildman–Crippen LogP) is 3.75. The highest BCUT2D eigenvalue weighted by Crippen LogP contribution is 2.23. The molecule has 6 heteroatoms. The Morgan fingerprint density at radius 3 is 2.56 bits per heavy atom. The molecule has 1 fully saturated rings. The van der Waals surface area contributed by atoms with Crippen molar-refractivity contribution >= 4 is 41.7 Å². The molecule has 2 rings (SSSR count). The van der Waals surface area contributed by atoms with E-state index in [9.17, 15) is 0 Å². The van der Waals surface area contributed by atoms with Gasteiger partial charge in [0, 0.05) is 38.8 Å². The molecule has 4 nitrogen and oxygen atoms in total. The first-order valence-corrected chi connectivity index (χ1v) is 10.4. The molecule has 1 atom stereocenters. The number of nitrogens with zero attached hydrogens (tertiary/aromatic N) is 2.